The minimum atomic E-state index is -0.0442. The fraction of sp³-hybridized carbons (Fsp3) is 0.267. The lowest BCUT2D eigenvalue weighted by atomic mass is 10.00. The van der Waals surface area contributed by atoms with Gasteiger partial charge in [-0.3, -0.25) is 4.98 Å². The van der Waals surface area contributed by atoms with Gasteiger partial charge in [-0.25, -0.2) is 0 Å². The van der Waals surface area contributed by atoms with Crippen molar-refractivity contribution in [3.05, 3.63) is 108 Å². The van der Waals surface area contributed by atoms with E-state index in [0.717, 1.165) is 22.9 Å². The fourth-order valence-electron chi connectivity index (χ4n) is 5.52. The molecule has 4 aromatic rings. The lowest BCUT2D eigenvalue weighted by molar-refractivity contribution is 0.461. The van der Waals surface area contributed by atoms with Gasteiger partial charge in [0.1, 0.15) is 17.5 Å². The van der Waals surface area contributed by atoms with Gasteiger partial charge in [0.15, 0.2) is 5.11 Å². The molecule has 6 rings (SSSR count). The zero-order valence-electron chi connectivity index (χ0n) is 20.4. The number of benzene rings is 2. The van der Waals surface area contributed by atoms with Crippen LogP contribution in [0.15, 0.2) is 91.3 Å². The number of anilines is 1. The second-order valence-electron chi connectivity index (χ2n) is 9.68. The first-order valence-electron chi connectivity index (χ1n) is 12.7. The summed E-state index contributed by atoms with van der Waals surface area (Å²) in [6.07, 6.45) is 9.13. The van der Waals surface area contributed by atoms with Crippen molar-refractivity contribution in [2.24, 2.45) is 0 Å². The molecule has 0 unspecified atom stereocenters. The van der Waals surface area contributed by atoms with Gasteiger partial charge in [-0.05, 0) is 92.6 Å². The van der Waals surface area contributed by atoms with Crippen molar-refractivity contribution in [3.63, 3.8) is 0 Å². The Hall–Kier alpha value is -3.64. The molecule has 36 heavy (non-hydrogen) atoms. The number of aromatic nitrogens is 2. The summed E-state index contributed by atoms with van der Waals surface area (Å²) < 4.78 is 8.55. The topological polar surface area (TPSA) is 42.3 Å². The second-order valence-corrected chi connectivity index (χ2v) is 10.1. The SMILES string of the molecule is Cc1ccc(Oc2ccc(N3C(=S)N[C@@H](c4ccccn4)[C@H]3c3cccn3C3CCCC3)cc2)cc1. The molecule has 2 aromatic carbocycles. The van der Waals surface area contributed by atoms with Gasteiger partial charge in [0.25, 0.3) is 0 Å². The Morgan fingerprint density at radius 1 is 0.889 bits per heavy atom. The number of nitrogens with zero attached hydrogens (tertiary/aromatic N) is 3. The summed E-state index contributed by atoms with van der Waals surface area (Å²) in [7, 11) is 0. The summed E-state index contributed by atoms with van der Waals surface area (Å²) in [6.45, 7) is 2.07. The molecule has 2 atom stereocenters. The number of ether oxygens (including phenoxy) is 1. The molecule has 0 amide bonds. The summed E-state index contributed by atoms with van der Waals surface area (Å²) in [5.41, 5.74) is 4.51. The van der Waals surface area contributed by atoms with Crippen LogP contribution in [0.4, 0.5) is 5.69 Å². The average Bonchev–Trinajstić information content (AvgIpc) is 3.66. The molecule has 5 nitrogen and oxygen atoms in total. The summed E-state index contributed by atoms with van der Waals surface area (Å²) in [5, 5.41) is 4.30. The van der Waals surface area contributed by atoms with Crippen LogP contribution in [-0.2, 0) is 0 Å². The lowest BCUT2D eigenvalue weighted by Crippen LogP contribution is -2.30. The van der Waals surface area contributed by atoms with Crippen molar-refractivity contribution in [2.45, 2.75) is 50.7 Å². The highest BCUT2D eigenvalue weighted by molar-refractivity contribution is 7.80. The molecular weight excluding hydrogens is 464 g/mol. The van der Waals surface area contributed by atoms with Crippen LogP contribution in [0, 0.1) is 6.92 Å². The summed E-state index contributed by atoms with van der Waals surface area (Å²) in [4.78, 5) is 6.94. The molecule has 1 saturated carbocycles. The molecule has 2 fully saturated rings. The quantitative estimate of drug-likeness (QED) is 0.285. The lowest BCUT2D eigenvalue weighted by Gasteiger charge is -2.30. The molecular formula is C30H30N4OS. The molecule has 0 bridgehead atoms. The number of aryl methyl sites for hydroxylation is 1. The van der Waals surface area contributed by atoms with E-state index in [-0.39, 0.29) is 12.1 Å². The fourth-order valence-corrected chi connectivity index (χ4v) is 5.87. The van der Waals surface area contributed by atoms with E-state index in [4.69, 9.17) is 21.9 Å². The maximum atomic E-state index is 6.07. The van der Waals surface area contributed by atoms with E-state index in [1.807, 2.05) is 42.6 Å². The number of rotatable bonds is 6. The van der Waals surface area contributed by atoms with Crippen molar-refractivity contribution in [3.8, 4) is 11.5 Å². The maximum absolute atomic E-state index is 6.07. The molecule has 1 aliphatic carbocycles. The van der Waals surface area contributed by atoms with Crippen LogP contribution in [-0.4, -0.2) is 14.7 Å². The van der Waals surface area contributed by atoms with Crippen LogP contribution in [0.1, 0.15) is 60.8 Å². The minimum Gasteiger partial charge on any atom is -0.457 e. The highest BCUT2D eigenvalue weighted by Gasteiger charge is 2.42. The normalized spacial score (nSPS) is 20.0. The van der Waals surface area contributed by atoms with E-state index in [2.05, 4.69) is 70.4 Å². The van der Waals surface area contributed by atoms with Crippen molar-refractivity contribution < 1.29 is 4.74 Å². The average molecular weight is 495 g/mol. The van der Waals surface area contributed by atoms with Gasteiger partial charge in [0, 0.05) is 29.8 Å². The van der Waals surface area contributed by atoms with Crippen LogP contribution in [0.3, 0.4) is 0 Å². The highest BCUT2D eigenvalue weighted by Crippen LogP contribution is 2.44. The summed E-state index contributed by atoms with van der Waals surface area (Å²) >= 11 is 5.93. The van der Waals surface area contributed by atoms with E-state index in [9.17, 15) is 0 Å². The molecule has 0 radical (unpaired) electrons. The zero-order valence-corrected chi connectivity index (χ0v) is 21.2. The Morgan fingerprint density at radius 3 is 2.31 bits per heavy atom. The second kappa shape index (κ2) is 9.78. The molecule has 0 spiro atoms. The molecule has 1 aliphatic heterocycles. The monoisotopic (exact) mass is 494 g/mol. The predicted molar refractivity (Wildman–Crippen MR) is 148 cm³/mol. The van der Waals surface area contributed by atoms with Crippen LogP contribution in [0.2, 0.25) is 0 Å². The Balaban J connectivity index is 1.35. The van der Waals surface area contributed by atoms with Gasteiger partial charge in [-0.15, -0.1) is 0 Å². The number of thiocarbonyl (C=S) groups is 1. The smallest absolute Gasteiger partial charge is 0.174 e. The predicted octanol–water partition coefficient (Wildman–Crippen LogP) is 7.28. The van der Waals surface area contributed by atoms with E-state index >= 15 is 0 Å². The van der Waals surface area contributed by atoms with Crippen LogP contribution in [0.5, 0.6) is 11.5 Å². The zero-order chi connectivity index (χ0) is 24.5. The molecule has 3 heterocycles. The third-order valence-electron chi connectivity index (χ3n) is 7.30. The van der Waals surface area contributed by atoms with Crippen LogP contribution in [0.25, 0.3) is 0 Å². The minimum absolute atomic E-state index is 0.00753. The van der Waals surface area contributed by atoms with Gasteiger partial charge in [0.2, 0.25) is 0 Å². The van der Waals surface area contributed by atoms with E-state index in [0.29, 0.717) is 11.2 Å². The number of pyridine rings is 1. The Morgan fingerprint density at radius 2 is 1.61 bits per heavy atom. The summed E-state index contributed by atoms with van der Waals surface area (Å²) in [6, 6.07) is 27.3. The largest absolute Gasteiger partial charge is 0.457 e. The number of hydrogen-bond acceptors (Lipinski definition) is 3. The van der Waals surface area contributed by atoms with Crippen molar-refractivity contribution in [2.75, 3.05) is 4.90 Å². The van der Waals surface area contributed by atoms with E-state index in [1.54, 1.807) is 0 Å². The Bertz CT molecular complexity index is 1330. The van der Waals surface area contributed by atoms with Crippen LogP contribution < -0.4 is 15.0 Å². The first-order valence-corrected chi connectivity index (χ1v) is 13.1. The Kier molecular flexibility index (Phi) is 6.20. The van der Waals surface area contributed by atoms with E-state index < -0.39 is 0 Å². The first-order chi connectivity index (χ1) is 17.7. The van der Waals surface area contributed by atoms with Crippen molar-refractivity contribution in [1.29, 1.82) is 0 Å². The number of hydrogen-bond donors (Lipinski definition) is 1. The molecule has 2 aromatic heterocycles. The molecule has 6 heteroatoms. The van der Waals surface area contributed by atoms with Crippen molar-refractivity contribution >= 4 is 23.0 Å². The standard InChI is InChI=1S/C30H30N4OS/c1-21-11-15-24(16-12-21)35-25-17-13-23(14-18-25)34-29(27-10-6-20-33(27)22-7-2-3-8-22)28(32-30(34)36)26-9-4-5-19-31-26/h4-6,9-20,22,28-29H,2-3,7-8H2,1H3,(H,32,36)/t28-,29+/m0/s1. The third kappa shape index (κ3) is 4.37. The van der Waals surface area contributed by atoms with Gasteiger partial charge >= 0.3 is 0 Å². The maximum Gasteiger partial charge on any atom is 0.174 e. The van der Waals surface area contributed by atoms with Crippen molar-refractivity contribution in [1.82, 2.24) is 14.9 Å². The van der Waals surface area contributed by atoms with Gasteiger partial charge in [-0.1, -0.05) is 36.6 Å². The molecule has 2 aliphatic rings. The first kappa shape index (κ1) is 22.8. The van der Waals surface area contributed by atoms with Gasteiger partial charge in [0.05, 0.1) is 11.7 Å². The number of nitrogens with one attached hydrogen (secondary N) is 1. The molecule has 1 N–H and O–H groups in total. The Labute approximate surface area is 217 Å². The van der Waals surface area contributed by atoms with E-state index in [1.165, 1.54) is 36.9 Å². The van der Waals surface area contributed by atoms with Crippen LogP contribution >= 0.6 is 12.2 Å². The third-order valence-corrected chi connectivity index (χ3v) is 7.62. The summed E-state index contributed by atoms with van der Waals surface area (Å²) in [5.74, 6) is 1.63. The van der Waals surface area contributed by atoms with Gasteiger partial charge < -0.3 is 19.5 Å². The highest BCUT2D eigenvalue weighted by atomic mass is 32.1. The van der Waals surface area contributed by atoms with Gasteiger partial charge in [-0.2, -0.15) is 0 Å². The molecule has 182 valence electrons. The molecule has 1 saturated heterocycles.